The Hall–Kier alpha value is -3.15. The maximum atomic E-state index is 14.7. The molecule has 0 radical (unpaired) electrons. The van der Waals surface area contributed by atoms with Crippen molar-refractivity contribution in [2.75, 3.05) is 0 Å². The average molecular weight is 323 g/mol. The zero-order valence-corrected chi connectivity index (χ0v) is 13.1. The van der Waals surface area contributed by atoms with E-state index in [4.69, 9.17) is 4.74 Å². The van der Waals surface area contributed by atoms with Crippen LogP contribution in [0.15, 0.2) is 36.5 Å². The highest BCUT2D eigenvalue weighted by Crippen LogP contribution is 2.34. The molecule has 4 aromatic rings. The summed E-state index contributed by atoms with van der Waals surface area (Å²) in [7, 11) is 0. The number of nitrogens with one attached hydrogen (secondary N) is 1. The molecule has 24 heavy (non-hydrogen) atoms. The largest absolute Gasteiger partial charge is 0.508 e. The quantitative estimate of drug-likeness (QED) is 0.575. The molecule has 4 rings (SSSR count). The lowest BCUT2D eigenvalue weighted by molar-refractivity contribution is 0.447. The molecule has 0 saturated carbocycles. The summed E-state index contributed by atoms with van der Waals surface area (Å²) in [5.74, 6) is 0.191. The zero-order chi connectivity index (χ0) is 16.8. The highest BCUT2D eigenvalue weighted by atomic mass is 19.1. The molecule has 2 heterocycles. The fourth-order valence-electron chi connectivity index (χ4n) is 2.75. The van der Waals surface area contributed by atoms with Gasteiger partial charge in [0, 0.05) is 28.0 Å². The lowest BCUT2D eigenvalue weighted by atomic mass is 10.1. The summed E-state index contributed by atoms with van der Waals surface area (Å²) < 4.78 is 20.5. The lowest BCUT2D eigenvalue weighted by Crippen LogP contribution is -1.93. The van der Waals surface area contributed by atoms with Crippen LogP contribution in [-0.2, 0) is 0 Å². The smallest absolute Gasteiger partial charge is 0.175 e. The van der Waals surface area contributed by atoms with Crippen LogP contribution in [-0.4, -0.2) is 20.3 Å². The minimum Gasteiger partial charge on any atom is -0.508 e. The van der Waals surface area contributed by atoms with Crippen LogP contribution >= 0.6 is 0 Å². The van der Waals surface area contributed by atoms with Crippen LogP contribution < -0.4 is 4.74 Å². The number of H-pyrrole nitrogens is 1. The molecule has 2 aromatic heterocycles. The topological polar surface area (TPSA) is 71.0 Å². The second-order valence-corrected chi connectivity index (χ2v) is 5.76. The van der Waals surface area contributed by atoms with Gasteiger partial charge in [0.15, 0.2) is 17.3 Å². The highest BCUT2D eigenvalue weighted by molar-refractivity contribution is 5.87. The van der Waals surface area contributed by atoms with Gasteiger partial charge >= 0.3 is 0 Å². The van der Waals surface area contributed by atoms with E-state index in [-0.39, 0.29) is 11.5 Å². The average Bonchev–Trinajstić information content (AvgIpc) is 2.93. The van der Waals surface area contributed by atoms with Crippen LogP contribution in [0.4, 0.5) is 4.39 Å². The molecule has 0 fully saturated rings. The van der Waals surface area contributed by atoms with Crippen molar-refractivity contribution in [3.8, 4) is 17.2 Å². The SMILES string of the molecule is Cc1cc2c(F)c(Oc3cnnc4cc(O)c(C)cc34)ccc2[nH]1. The number of hydrogen-bond donors (Lipinski definition) is 2. The Morgan fingerprint density at radius 3 is 2.75 bits per heavy atom. The summed E-state index contributed by atoms with van der Waals surface area (Å²) >= 11 is 0. The van der Waals surface area contributed by atoms with Crippen molar-refractivity contribution < 1.29 is 14.2 Å². The van der Waals surface area contributed by atoms with Crippen molar-refractivity contribution >= 4 is 21.8 Å². The van der Waals surface area contributed by atoms with Gasteiger partial charge in [-0.05, 0) is 43.7 Å². The number of ether oxygens (including phenoxy) is 1. The summed E-state index contributed by atoms with van der Waals surface area (Å²) in [6.07, 6.45) is 1.44. The van der Waals surface area contributed by atoms with E-state index in [0.29, 0.717) is 27.6 Å². The number of nitrogens with zero attached hydrogens (tertiary/aromatic N) is 2. The minimum absolute atomic E-state index is 0.113. The molecule has 0 unspecified atom stereocenters. The number of benzene rings is 2. The van der Waals surface area contributed by atoms with Crippen LogP contribution in [0.2, 0.25) is 0 Å². The van der Waals surface area contributed by atoms with E-state index < -0.39 is 5.82 Å². The van der Waals surface area contributed by atoms with E-state index in [1.807, 2.05) is 6.92 Å². The second kappa shape index (κ2) is 5.19. The molecule has 0 aliphatic heterocycles. The van der Waals surface area contributed by atoms with Crippen molar-refractivity contribution in [2.45, 2.75) is 13.8 Å². The van der Waals surface area contributed by atoms with Crippen molar-refractivity contribution in [1.29, 1.82) is 0 Å². The van der Waals surface area contributed by atoms with Crippen LogP contribution in [0.1, 0.15) is 11.3 Å². The fraction of sp³-hybridized carbons (Fsp3) is 0.111. The summed E-state index contributed by atoms with van der Waals surface area (Å²) in [6.45, 7) is 3.64. The first-order chi connectivity index (χ1) is 11.5. The maximum absolute atomic E-state index is 14.7. The van der Waals surface area contributed by atoms with Crippen LogP contribution in [0.25, 0.3) is 21.8 Å². The fourth-order valence-corrected chi connectivity index (χ4v) is 2.75. The summed E-state index contributed by atoms with van der Waals surface area (Å²) in [6, 6.07) is 8.34. The number of rotatable bonds is 2. The minimum atomic E-state index is -0.433. The Labute approximate surface area is 136 Å². The third-order valence-electron chi connectivity index (χ3n) is 3.98. The Bertz CT molecular complexity index is 1090. The molecule has 0 aliphatic carbocycles. The number of aryl methyl sites for hydroxylation is 2. The number of hydrogen-bond acceptors (Lipinski definition) is 4. The molecule has 0 saturated heterocycles. The molecule has 0 bridgehead atoms. The number of phenolic OH excluding ortho intramolecular Hbond substituents is 1. The molecule has 0 amide bonds. The number of aromatic amines is 1. The first-order valence-corrected chi connectivity index (χ1v) is 7.43. The lowest BCUT2D eigenvalue weighted by Gasteiger charge is -2.10. The van der Waals surface area contributed by atoms with Crippen molar-refractivity contribution in [2.24, 2.45) is 0 Å². The molecule has 0 aliphatic rings. The van der Waals surface area contributed by atoms with E-state index >= 15 is 0 Å². The molecule has 120 valence electrons. The Morgan fingerprint density at radius 2 is 1.92 bits per heavy atom. The maximum Gasteiger partial charge on any atom is 0.175 e. The third kappa shape index (κ3) is 2.23. The van der Waals surface area contributed by atoms with Crippen LogP contribution in [0, 0.1) is 19.7 Å². The summed E-state index contributed by atoms with van der Waals surface area (Å²) in [5.41, 5.74) is 2.76. The predicted molar refractivity (Wildman–Crippen MR) is 89.0 cm³/mol. The normalized spacial score (nSPS) is 11.3. The zero-order valence-electron chi connectivity index (χ0n) is 13.1. The molecule has 5 nitrogen and oxygen atoms in total. The van der Waals surface area contributed by atoms with Gasteiger partial charge in [0.05, 0.1) is 6.20 Å². The second-order valence-electron chi connectivity index (χ2n) is 5.76. The molecular weight excluding hydrogens is 309 g/mol. The predicted octanol–water partition coefficient (Wildman–Crippen LogP) is 4.36. The molecule has 2 aromatic carbocycles. The van der Waals surface area contributed by atoms with Gasteiger partial charge in [0.1, 0.15) is 11.3 Å². The van der Waals surface area contributed by atoms with Gasteiger partial charge in [-0.25, -0.2) is 4.39 Å². The Kier molecular flexibility index (Phi) is 3.13. The first kappa shape index (κ1) is 14.4. The molecule has 6 heteroatoms. The van der Waals surface area contributed by atoms with Crippen molar-refractivity contribution in [1.82, 2.24) is 15.2 Å². The van der Waals surface area contributed by atoms with E-state index in [1.54, 1.807) is 31.2 Å². The van der Waals surface area contributed by atoms with Crippen molar-refractivity contribution in [3.63, 3.8) is 0 Å². The molecule has 0 spiro atoms. The van der Waals surface area contributed by atoms with Crippen LogP contribution in [0.5, 0.6) is 17.2 Å². The number of aromatic hydroxyl groups is 1. The van der Waals surface area contributed by atoms with Gasteiger partial charge in [-0.1, -0.05) is 0 Å². The number of phenols is 1. The third-order valence-corrected chi connectivity index (χ3v) is 3.98. The van der Waals surface area contributed by atoms with E-state index in [0.717, 1.165) is 11.2 Å². The van der Waals surface area contributed by atoms with Gasteiger partial charge in [-0.3, -0.25) is 0 Å². The van der Waals surface area contributed by atoms with Gasteiger partial charge in [0.25, 0.3) is 0 Å². The monoisotopic (exact) mass is 323 g/mol. The number of halogens is 1. The molecular formula is C18H14FN3O2. The van der Waals surface area contributed by atoms with Gasteiger partial charge in [-0.15, -0.1) is 0 Å². The summed E-state index contributed by atoms with van der Waals surface area (Å²) in [5, 5.41) is 18.8. The van der Waals surface area contributed by atoms with E-state index in [9.17, 15) is 9.50 Å². The van der Waals surface area contributed by atoms with Gasteiger partial charge in [0.2, 0.25) is 0 Å². The Morgan fingerprint density at radius 1 is 1.08 bits per heavy atom. The standard InChI is InChI=1S/C18H14FN3O2/c1-9-5-11-14(7-15(9)23)22-20-8-17(11)24-16-4-3-13-12(18(16)19)6-10(2)21-13/h3-8,21,23H,1-2H3. The number of fused-ring (bicyclic) bond motifs is 2. The van der Waals surface area contributed by atoms with Gasteiger partial charge in [-0.2, -0.15) is 10.2 Å². The molecule has 0 atom stereocenters. The Balaban J connectivity index is 1.85. The van der Waals surface area contributed by atoms with E-state index in [2.05, 4.69) is 15.2 Å². The summed E-state index contributed by atoms with van der Waals surface area (Å²) in [4.78, 5) is 3.09. The van der Waals surface area contributed by atoms with E-state index in [1.165, 1.54) is 12.3 Å². The first-order valence-electron chi connectivity index (χ1n) is 7.43. The van der Waals surface area contributed by atoms with Gasteiger partial charge < -0.3 is 14.8 Å². The van der Waals surface area contributed by atoms with Crippen LogP contribution in [0.3, 0.4) is 0 Å². The number of aromatic nitrogens is 3. The van der Waals surface area contributed by atoms with Crippen molar-refractivity contribution in [3.05, 3.63) is 53.6 Å². The highest BCUT2D eigenvalue weighted by Gasteiger charge is 2.14. The molecule has 2 N–H and O–H groups in total.